The van der Waals surface area contributed by atoms with Gasteiger partial charge in [0, 0.05) is 6.04 Å². The average Bonchev–Trinajstić information content (AvgIpc) is 2.20. The van der Waals surface area contributed by atoms with E-state index in [2.05, 4.69) is 42.0 Å². The summed E-state index contributed by atoms with van der Waals surface area (Å²) in [5.41, 5.74) is 0. The number of nitrogens with one attached hydrogen (secondary N) is 1. The smallest absolute Gasteiger partial charge is 0.234 e. The van der Waals surface area contributed by atoms with Gasteiger partial charge < -0.3 is 5.32 Å². The first-order chi connectivity index (χ1) is 7.00. The summed E-state index contributed by atoms with van der Waals surface area (Å²) in [6.45, 7) is 6.41. The zero-order valence-corrected chi connectivity index (χ0v) is 11.5. The molecule has 0 aromatic heterocycles. The minimum Gasteiger partial charge on any atom is -0.352 e. The predicted octanol–water partition coefficient (Wildman–Crippen LogP) is 3.10. The maximum atomic E-state index is 11.8. The summed E-state index contributed by atoms with van der Waals surface area (Å²) in [5, 5.41) is 3.13. The van der Waals surface area contributed by atoms with Crippen molar-refractivity contribution in [2.45, 2.75) is 57.3 Å². The predicted molar refractivity (Wildman–Crippen MR) is 67.1 cm³/mol. The van der Waals surface area contributed by atoms with Crippen molar-refractivity contribution in [2.75, 3.05) is 0 Å². The van der Waals surface area contributed by atoms with Crippen LogP contribution in [0.2, 0.25) is 0 Å². The number of alkyl halides is 1. The van der Waals surface area contributed by atoms with Crippen LogP contribution in [0.15, 0.2) is 0 Å². The molecule has 3 heteroatoms. The zero-order valence-electron chi connectivity index (χ0n) is 9.92. The molecule has 2 nitrogen and oxygen atoms in total. The van der Waals surface area contributed by atoms with Crippen LogP contribution in [0.5, 0.6) is 0 Å². The van der Waals surface area contributed by atoms with E-state index in [0.717, 1.165) is 18.8 Å². The van der Waals surface area contributed by atoms with Crippen LogP contribution in [0.1, 0.15) is 46.5 Å². The molecule has 1 aliphatic carbocycles. The molecule has 88 valence electrons. The highest BCUT2D eigenvalue weighted by atomic mass is 79.9. The van der Waals surface area contributed by atoms with Gasteiger partial charge in [0.2, 0.25) is 5.91 Å². The Morgan fingerprint density at radius 2 is 1.80 bits per heavy atom. The van der Waals surface area contributed by atoms with Crippen LogP contribution >= 0.6 is 15.9 Å². The minimum absolute atomic E-state index is 0.0446. The van der Waals surface area contributed by atoms with E-state index in [9.17, 15) is 4.79 Å². The van der Waals surface area contributed by atoms with Gasteiger partial charge in [0.15, 0.2) is 0 Å². The lowest BCUT2D eigenvalue weighted by molar-refractivity contribution is -0.122. The number of hydrogen-bond donors (Lipinski definition) is 1. The van der Waals surface area contributed by atoms with Crippen molar-refractivity contribution in [2.24, 2.45) is 11.8 Å². The molecule has 1 fully saturated rings. The topological polar surface area (TPSA) is 29.1 Å². The highest BCUT2D eigenvalue weighted by Crippen LogP contribution is 2.24. The van der Waals surface area contributed by atoms with Crippen LogP contribution < -0.4 is 5.32 Å². The molecular weight excluding hydrogens is 254 g/mol. The van der Waals surface area contributed by atoms with Crippen LogP contribution in [0.3, 0.4) is 0 Å². The Labute approximate surface area is 101 Å². The molecule has 15 heavy (non-hydrogen) atoms. The summed E-state index contributed by atoms with van der Waals surface area (Å²) >= 11 is 3.43. The Kier molecular flexibility index (Phi) is 5.10. The highest BCUT2D eigenvalue weighted by Gasteiger charge is 2.24. The van der Waals surface area contributed by atoms with E-state index < -0.39 is 0 Å². The Bertz CT molecular complexity index is 210. The molecule has 1 aliphatic rings. The van der Waals surface area contributed by atoms with Crippen molar-refractivity contribution >= 4 is 21.8 Å². The third-order valence-corrected chi connectivity index (χ3v) is 4.67. The van der Waals surface area contributed by atoms with Gasteiger partial charge in [0.05, 0.1) is 4.83 Å². The molecule has 0 radical (unpaired) electrons. The Morgan fingerprint density at radius 3 is 2.27 bits per heavy atom. The SMILES string of the molecule is CC1CCC(NC(=O)C(Br)C(C)C)CC1. The van der Waals surface area contributed by atoms with Gasteiger partial charge >= 0.3 is 0 Å². The van der Waals surface area contributed by atoms with Crippen molar-refractivity contribution in [1.82, 2.24) is 5.32 Å². The number of amides is 1. The molecule has 0 aromatic rings. The minimum atomic E-state index is -0.0446. The van der Waals surface area contributed by atoms with Gasteiger partial charge in [0.25, 0.3) is 0 Å². The zero-order chi connectivity index (χ0) is 11.4. The van der Waals surface area contributed by atoms with E-state index in [1.807, 2.05) is 0 Å². The summed E-state index contributed by atoms with van der Waals surface area (Å²) in [4.78, 5) is 11.7. The van der Waals surface area contributed by atoms with Gasteiger partial charge in [-0.2, -0.15) is 0 Å². The molecule has 1 atom stereocenters. The summed E-state index contributed by atoms with van der Waals surface area (Å²) in [5.74, 6) is 1.35. The van der Waals surface area contributed by atoms with Gasteiger partial charge in [-0.3, -0.25) is 4.79 Å². The molecule has 1 saturated carbocycles. The molecule has 1 rings (SSSR count). The summed E-state index contributed by atoms with van der Waals surface area (Å²) < 4.78 is 0. The summed E-state index contributed by atoms with van der Waals surface area (Å²) in [6.07, 6.45) is 4.79. The molecule has 0 spiro atoms. The number of carbonyl (C=O) groups is 1. The summed E-state index contributed by atoms with van der Waals surface area (Å²) in [6, 6.07) is 0.410. The lowest BCUT2D eigenvalue weighted by Gasteiger charge is -2.28. The molecular formula is C12H22BrNO. The first kappa shape index (κ1) is 13.0. The normalized spacial score (nSPS) is 28.9. The number of rotatable bonds is 3. The van der Waals surface area contributed by atoms with E-state index in [1.54, 1.807) is 0 Å². The standard InChI is InChI=1S/C12H22BrNO/c1-8(2)11(13)12(15)14-10-6-4-9(3)5-7-10/h8-11H,4-7H2,1-3H3,(H,14,15). The number of halogens is 1. The molecule has 1 N–H and O–H groups in total. The van der Waals surface area contributed by atoms with Gasteiger partial charge in [-0.05, 0) is 37.5 Å². The summed E-state index contributed by atoms with van der Waals surface area (Å²) in [7, 11) is 0. The Hall–Kier alpha value is -0.0500. The second kappa shape index (κ2) is 5.88. The van der Waals surface area contributed by atoms with Crippen molar-refractivity contribution in [1.29, 1.82) is 0 Å². The highest BCUT2D eigenvalue weighted by molar-refractivity contribution is 9.10. The fourth-order valence-electron chi connectivity index (χ4n) is 1.99. The van der Waals surface area contributed by atoms with E-state index in [0.29, 0.717) is 12.0 Å². The van der Waals surface area contributed by atoms with Crippen molar-refractivity contribution in [3.05, 3.63) is 0 Å². The van der Waals surface area contributed by atoms with E-state index >= 15 is 0 Å². The van der Waals surface area contributed by atoms with Crippen LogP contribution in [0.4, 0.5) is 0 Å². The van der Waals surface area contributed by atoms with Crippen molar-refractivity contribution < 1.29 is 4.79 Å². The fourth-order valence-corrected chi connectivity index (χ4v) is 2.12. The van der Waals surface area contributed by atoms with Gasteiger partial charge in [-0.25, -0.2) is 0 Å². The van der Waals surface area contributed by atoms with Crippen LogP contribution in [0, 0.1) is 11.8 Å². The largest absolute Gasteiger partial charge is 0.352 e. The van der Waals surface area contributed by atoms with Crippen LogP contribution in [-0.2, 0) is 4.79 Å². The second-order valence-corrected chi connectivity index (χ2v) is 6.10. The van der Waals surface area contributed by atoms with Gasteiger partial charge in [0.1, 0.15) is 0 Å². The molecule has 0 heterocycles. The maximum Gasteiger partial charge on any atom is 0.234 e. The molecule has 1 amide bonds. The van der Waals surface area contributed by atoms with Crippen molar-refractivity contribution in [3.63, 3.8) is 0 Å². The molecule has 0 bridgehead atoms. The van der Waals surface area contributed by atoms with Gasteiger partial charge in [-0.15, -0.1) is 0 Å². The second-order valence-electron chi connectivity index (χ2n) is 5.11. The Morgan fingerprint density at radius 1 is 1.27 bits per heavy atom. The average molecular weight is 276 g/mol. The first-order valence-electron chi connectivity index (χ1n) is 5.95. The first-order valence-corrected chi connectivity index (χ1v) is 6.86. The molecule has 0 aromatic carbocycles. The van der Waals surface area contributed by atoms with Crippen LogP contribution in [-0.4, -0.2) is 16.8 Å². The number of hydrogen-bond acceptors (Lipinski definition) is 1. The maximum absolute atomic E-state index is 11.8. The van der Waals surface area contributed by atoms with E-state index in [-0.39, 0.29) is 10.7 Å². The molecule has 0 aliphatic heterocycles. The number of carbonyl (C=O) groups excluding carboxylic acids is 1. The third kappa shape index (κ3) is 4.13. The van der Waals surface area contributed by atoms with Crippen LogP contribution in [0.25, 0.3) is 0 Å². The van der Waals surface area contributed by atoms with Crippen molar-refractivity contribution in [3.8, 4) is 0 Å². The monoisotopic (exact) mass is 275 g/mol. The lowest BCUT2D eigenvalue weighted by atomic mass is 9.87. The molecule has 0 saturated heterocycles. The molecule has 1 unspecified atom stereocenters. The third-order valence-electron chi connectivity index (χ3n) is 3.20. The Balaban J connectivity index is 2.32. The fraction of sp³-hybridized carbons (Fsp3) is 0.917. The lowest BCUT2D eigenvalue weighted by Crippen LogP contribution is -2.42. The van der Waals surface area contributed by atoms with E-state index in [4.69, 9.17) is 0 Å². The quantitative estimate of drug-likeness (QED) is 0.788. The van der Waals surface area contributed by atoms with E-state index in [1.165, 1.54) is 12.8 Å². The van der Waals surface area contributed by atoms with Gasteiger partial charge in [-0.1, -0.05) is 36.7 Å².